The van der Waals surface area contributed by atoms with Gasteiger partial charge in [0.1, 0.15) is 0 Å². The van der Waals surface area contributed by atoms with E-state index in [-0.39, 0.29) is 12.0 Å². The van der Waals surface area contributed by atoms with Crippen LogP contribution in [0, 0.1) is 11.3 Å². The molecule has 0 aliphatic heterocycles. The van der Waals surface area contributed by atoms with Crippen LogP contribution < -0.4 is 5.32 Å². The van der Waals surface area contributed by atoms with E-state index in [2.05, 4.69) is 39.9 Å². The van der Waals surface area contributed by atoms with Gasteiger partial charge >= 0.3 is 0 Å². The fraction of sp³-hybridized carbons (Fsp3) is 1.00. The lowest BCUT2D eigenvalue weighted by Gasteiger charge is -2.53. The molecule has 0 aromatic rings. The molecule has 0 saturated heterocycles. The Morgan fingerprint density at radius 1 is 1.39 bits per heavy atom. The Morgan fingerprint density at radius 3 is 2.50 bits per heavy atom. The van der Waals surface area contributed by atoms with Gasteiger partial charge in [-0.15, -0.1) is 0 Å². The van der Waals surface area contributed by atoms with Crippen LogP contribution in [0.1, 0.15) is 53.9 Å². The first-order chi connectivity index (χ1) is 8.41. The normalized spacial score (nSPS) is 28.2. The summed E-state index contributed by atoms with van der Waals surface area (Å²) in [5.41, 5.74) is 0.206. The summed E-state index contributed by atoms with van der Waals surface area (Å²) in [7, 11) is 0. The molecular weight excluding hydrogens is 226 g/mol. The standard InChI is InChI=1S/C15H31NO2/c1-6-12(7-8-17)16-13-9-14(15(13,4)5)18-10-11(2)3/h11-14,16-17H,6-10H2,1-5H3. The number of aliphatic hydroxyl groups excluding tert-OH is 1. The molecule has 3 nitrogen and oxygen atoms in total. The summed E-state index contributed by atoms with van der Waals surface area (Å²) in [5.74, 6) is 0.602. The van der Waals surface area contributed by atoms with E-state index in [1.807, 2.05) is 0 Å². The molecule has 1 aliphatic rings. The van der Waals surface area contributed by atoms with E-state index < -0.39 is 0 Å². The van der Waals surface area contributed by atoms with Crippen LogP contribution in [0.5, 0.6) is 0 Å². The molecule has 0 radical (unpaired) electrons. The van der Waals surface area contributed by atoms with Crippen LogP contribution >= 0.6 is 0 Å². The third-order valence-electron chi connectivity index (χ3n) is 4.22. The van der Waals surface area contributed by atoms with Gasteiger partial charge in [0.15, 0.2) is 0 Å². The van der Waals surface area contributed by atoms with Crippen LogP contribution in [0.25, 0.3) is 0 Å². The topological polar surface area (TPSA) is 41.5 Å². The third-order valence-corrected chi connectivity index (χ3v) is 4.22. The van der Waals surface area contributed by atoms with Crippen molar-refractivity contribution in [3.63, 3.8) is 0 Å². The molecule has 0 aromatic carbocycles. The summed E-state index contributed by atoms with van der Waals surface area (Å²) in [6.45, 7) is 12.2. The molecule has 18 heavy (non-hydrogen) atoms. The van der Waals surface area contributed by atoms with Gasteiger partial charge in [0.05, 0.1) is 6.10 Å². The first kappa shape index (κ1) is 15.9. The molecular formula is C15H31NO2. The van der Waals surface area contributed by atoms with Crippen molar-refractivity contribution in [3.05, 3.63) is 0 Å². The molecule has 1 saturated carbocycles. The molecule has 3 atom stereocenters. The van der Waals surface area contributed by atoms with E-state index in [4.69, 9.17) is 9.84 Å². The van der Waals surface area contributed by atoms with Crippen molar-refractivity contribution in [2.45, 2.75) is 72.1 Å². The zero-order chi connectivity index (χ0) is 13.8. The minimum atomic E-state index is 0.206. The lowest BCUT2D eigenvalue weighted by molar-refractivity contribution is -0.126. The Balaban J connectivity index is 2.38. The van der Waals surface area contributed by atoms with Crippen LogP contribution in [-0.4, -0.2) is 36.5 Å². The van der Waals surface area contributed by atoms with E-state index >= 15 is 0 Å². The maximum atomic E-state index is 9.03. The average Bonchev–Trinajstić information content (AvgIpc) is 2.30. The fourth-order valence-electron chi connectivity index (χ4n) is 2.61. The van der Waals surface area contributed by atoms with Crippen molar-refractivity contribution in [2.24, 2.45) is 11.3 Å². The van der Waals surface area contributed by atoms with Gasteiger partial charge in [-0.25, -0.2) is 0 Å². The molecule has 108 valence electrons. The number of rotatable bonds is 8. The maximum absolute atomic E-state index is 9.03. The fourth-order valence-corrected chi connectivity index (χ4v) is 2.61. The summed E-state index contributed by atoms with van der Waals surface area (Å²) in [6, 6.07) is 0.955. The average molecular weight is 257 g/mol. The quantitative estimate of drug-likeness (QED) is 0.702. The molecule has 1 rings (SSSR count). The summed E-state index contributed by atoms with van der Waals surface area (Å²) in [6.07, 6.45) is 3.40. The zero-order valence-electron chi connectivity index (χ0n) is 12.7. The number of hydrogen-bond acceptors (Lipinski definition) is 3. The molecule has 0 heterocycles. The van der Waals surface area contributed by atoms with E-state index in [0.717, 1.165) is 25.9 Å². The van der Waals surface area contributed by atoms with Crippen molar-refractivity contribution < 1.29 is 9.84 Å². The van der Waals surface area contributed by atoms with Crippen LogP contribution in [0.4, 0.5) is 0 Å². The van der Waals surface area contributed by atoms with E-state index in [1.54, 1.807) is 0 Å². The molecule has 0 bridgehead atoms. The lowest BCUT2D eigenvalue weighted by Crippen LogP contribution is -2.62. The Kier molecular flexibility index (Phi) is 6.09. The van der Waals surface area contributed by atoms with E-state index in [1.165, 1.54) is 0 Å². The van der Waals surface area contributed by atoms with Gasteiger partial charge in [0, 0.05) is 30.7 Å². The highest BCUT2D eigenvalue weighted by Crippen LogP contribution is 2.43. The number of ether oxygens (including phenoxy) is 1. The number of hydrogen-bond donors (Lipinski definition) is 2. The van der Waals surface area contributed by atoms with Gasteiger partial charge in [0.2, 0.25) is 0 Å². The first-order valence-electron chi connectivity index (χ1n) is 7.40. The molecule has 3 unspecified atom stereocenters. The van der Waals surface area contributed by atoms with E-state index in [9.17, 15) is 0 Å². The van der Waals surface area contributed by atoms with Crippen molar-refractivity contribution in [1.82, 2.24) is 5.32 Å². The smallest absolute Gasteiger partial charge is 0.0656 e. The molecule has 0 spiro atoms. The summed E-state index contributed by atoms with van der Waals surface area (Å²) < 4.78 is 5.97. The third kappa shape index (κ3) is 3.94. The highest BCUT2D eigenvalue weighted by atomic mass is 16.5. The molecule has 2 N–H and O–H groups in total. The monoisotopic (exact) mass is 257 g/mol. The van der Waals surface area contributed by atoms with Gasteiger partial charge in [-0.2, -0.15) is 0 Å². The molecule has 1 fully saturated rings. The van der Waals surface area contributed by atoms with E-state index in [0.29, 0.717) is 24.1 Å². The van der Waals surface area contributed by atoms with Gasteiger partial charge < -0.3 is 15.2 Å². The van der Waals surface area contributed by atoms with Gasteiger partial charge in [-0.05, 0) is 25.2 Å². The second kappa shape index (κ2) is 6.88. The van der Waals surface area contributed by atoms with Crippen LogP contribution in [0.3, 0.4) is 0 Å². The second-order valence-corrected chi connectivity index (χ2v) is 6.61. The largest absolute Gasteiger partial charge is 0.396 e. The Bertz CT molecular complexity index is 241. The van der Waals surface area contributed by atoms with Crippen LogP contribution in [0.2, 0.25) is 0 Å². The minimum Gasteiger partial charge on any atom is -0.396 e. The second-order valence-electron chi connectivity index (χ2n) is 6.61. The Morgan fingerprint density at radius 2 is 2.06 bits per heavy atom. The minimum absolute atomic E-state index is 0.206. The lowest BCUT2D eigenvalue weighted by atomic mass is 9.64. The van der Waals surface area contributed by atoms with Gasteiger partial charge in [-0.3, -0.25) is 0 Å². The van der Waals surface area contributed by atoms with Crippen molar-refractivity contribution in [3.8, 4) is 0 Å². The highest BCUT2D eigenvalue weighted by molar-refractivity contribution is 5.03. The summed E-state index contributed by atoms with van der Waals surface area (Å²) in [5, 5.41) is 12.7. The number of nitrogens with one attached hydrogen (secondary N) is 1. The summed E-state index contributed by atoms with van der Waals surface area (Å²) in [4.78, 5) is 0. The van der Waals surface area contributed by atoms with Crippen molar-refractivity contribution in [1.29, 1.82) is 0 Å². The molecule has 0 amide bonds. The van der Waals surface area contributed by atoms with Crippen LogP contribution in [0.15, 0.2) is 0 Å². The predicted octanol–water partition coefficient (Wildman–Crippen LogP) is 2.58. The maximum Gasteiger partial charge on any atom is 0.0656 e. The number of aliphatic hydroxyl groups is 1. The van der Waals surface area contributed by atoms with Crippen molar-refractivity contribution in [2.75, 3.05) is 13.2 Å². The SMILES string of the molecule is CCC(CCO)NC1CC(OCC(C)C)C1(C)C. The molecule has 1 aliphatic carbocycles. The first-order valence-corrected chi connectivity index (χ1v) is 7.40. The zero-order valence-corrected chi connectivity index (χ0v) is 12.7. The van der Waals surface area contributed by atoms with Gasteiger partial charge in [0.25, 0.3) is 0 Å². The van der Waals surface area contributed by atoms with Gasteiger partial charge in [-0.1, -0.05) is 34.6 Å². The van der Waals surface area contributed by atoms with Crippen LogP contribution in [-0.2, 0) is 4.74 Å². The molecule has 0 aromatic heterocycles. The predicted molar refractivity (Wildman–Crippen MR) is 75.7 cm³/mol. The summed E-state index contributed by atoms with van der Waals surface area (Å²) >= 11 is 0. The van der Waals surface area contributed by atoms with Crippen molar-refractivity contribution >= 4 is 0 Å². The Labute approximate surface area is 112 Å². The Hall–Kier alpha value is -0.120. The highest BCUT2D eigenvalue weighted by Gasteiger charge is 2.49. The molecule has 3 heteroatoms.